The number of aryl methyl sites for hydroxylation is 2. The predicted octanol–water partition coefficient (Wildman–Crippen LogP) is 3.66. The Labute approximate surface area is 113 Å². The summed E-state index contributed by atoms with van der Waals surface area (Å²) >= 11 is 0. The molecule has 0 fully saturated rings. The third-order valence-corrected chi connectivity index (χ3v) is 3.20. The summed E-state index contributed by atoms with van der Waals surface area (Å²) in [6.07, 6.45) is 0. The van der Waals surface area contributed by atoms with Gasteiger partial charge in [0.05, 0.1) is 0 Å². The number of anilines is 2. The number of hydrogen-bond donors (Lipinski definition) is 1. The fourth-order valence-electron chi connectivity index (χ4n) is 2.24. The van der Waals surface area contributed by atoms with Crippen LogP contribution in [0.15, 0.2) is 36.4 Å². The zero-order valence-electron chi connectivity index (χ0n) is 11.6. The minimum atomic E-state index is -0.253. The number of nitrogen functional groups attached to an aromatic ring is 1. The van der Waals surface area contributed by atoms with Crippen molar-refractivity contribution in [3.8, 4) is 0 Å². The van der Waals surface area contributed by atoms with Crippen LogP contribution in [0, 0.1) is 19.7 Å². The van der Waals surface area contributed by atoms with Crippen molar-refractivity contribution in [2.75, 3.05) is 17.7 Å². The third-order valence-electron chi connectivity index (χ3n) is 3.20. The van der Waals surface area contributed by atoms with E-state index in [0.29, 0.717) is 17.8 Å². The van der Waals surface area contributed by atoms with Gasteiger partial charge in [0.15, 0.2) is 0 Å². The van der Waals surface area contributed by atoms with Crippen LogP contribution in [-0.2, 0) is 6.54 Å². The molecule has 0 aliphatic rings. The number of halogens is 1. The molecule has 2 nitrogen and oxygen atoms in total. The lowest BCUT2D eigenvalue weighted by atomic mass is 10.1. The second-order valence-electron chi connectivity index (χ2n) is 5.01. The van der Waals surface area contributed by atoms with Crippen molar-refractivity contribution in [2.24, 2.45) is 0 Å². The monoisotopic (exact) mass is 258 g/mol. The molecule has 2 aromatic carbocycles. The molecule has 2 rings (SSSR count). The first-order valence-electron chi connectivity index (χ1n) is 6.29. The molecular formula is C16H19FN2. The molecule has 100 valence electrons. The van der Waals surface area contributed by atoms with Crippen LogP contribution in [0.25, 0.3) is 0 Å². The van der Waals surface area contributed by atoms with Crippen molar-refractivity contribution < 1.29 is 4.39 Å². The average Bonchev–Trinajstić information content (AvgIpc) is 2.32. The SMILES string of the molecule is Cc1cc(C)cc(N(C)Cc2c(N)cccc2F)c1. The lowest BCUT2D eigenvalue weighted by Gasteiger charge is -2.21. The molecule has 0 saturated heterocycles. The van der Waals surface area contributed by atoms with Crippen LogP contribution in [0.4, 0.5) is 15.8 Å². The third kappa shape index (κ3) is 3.05. The molecule has 0 aromatic heterocycles. The summed E-state index contributed by atoms with van der Waals surface area (Å²) in [6.45, 7) is 4.57. The molecule has 2 N–H and O–H groups in total. The highest BCUT2D eigenvalue weighted by atomic mass is 19.1. The molecule has 0 aliphatic heterocycles. The molecule has 0 bridgehead atoms. The van der Waals surface area contributed by atoms with E-state index in [-0.39, 0.29) is 5.82 Å². The van der Waals surface area contributed by atoms with Crippen molar-refractivity contribution in [1.82, 2.24) is 0 Å². The van der Waals surface area contributed by atoms with E-state index in [1.54, 1.807) is 12.1 Å². The smallest absolute Gasteiger partial charge is 0.130 e. The van der Waals surface area contributed by atoms with Gasteiger partial charge in [-0.1, -0.05) is 12.1 Å². The zero-order valence-corrected chi connectivity index (χ0v) is 11.6. The molecule has 0 heterocycles. The Morgan fingerprint density at radius 1 is 1.11 bits per heavy atom. The summed E-state index contributed by atoms with van der Waals surface area (Å²) in [6, 6.07) is 11.1. The highest BCUT2D eigenvalue weighted by molar-refractivity contribution is 5.54. The van der Waals surface area contributed by atoms with E-state index in [2.05, 4.69) is 32.0 Å². The van der Waals surface area contributed by atoms with Gasteiger partial charge in [0, 0.05) is 30.5 Å². The molecule has 0 spiro atoms. The van der Waals surface area contributed by atoms with E-state index in [9.17, 15) is 4.39 Å². The molecule has 0 radical (unpaired) electrons. The molecule has 0 aliphatic carbocycles. The minimum absolute atomic E-state index is 0.253. The van der Waals surface area contributed by atoms with Crippen molar-refractivity contribution in [1.29, 1.82) is 0 Å². The lowest BCUT2D eigenvalue weighted by Crippen LogP contribution is -2.18. The second kappa shape index (κ2) is 5.31. The maximum atomic E-state index is 13.8. The quantitative estimate of drug-likeness (QED) is 0.851. The summed E-state index contributed by atoms with van der Waals surface area (Å²) in [5.41, 5.74) is 10.3. The van der Waals surface area contributed by atoms with Gasteiger partial charge in [-0.15, -0.1) is 0 Å². The predicted molar refractivity (Wildman–Crippen MR) is 78.8 cm³/mol. The van der Waals surface area contributed by atoms with Gasteiger partial charge in [-0.05, 0) is 49.2 Å². The number of rotatable bonds is 3. The molecule has 19 heavy (non-hydrogen) atoms. The standard InChI is InChI=1S/C16H19FN2/c1-11-7-12(2)9-13(8-11)19(3)10-14-15(17)5-4-6-16(14)18/h4-9H,10,18H2,1-3H3. The van der Waals surface area contributed by atoms with Gasteiger partial charge >= 0.3 is 0 Å². The van der Waals surface area contributed by atoms with Crippen molar-refractivity contribution in [3.05, 3.63) is 58.9 Å². The van der Waals surface area contributed by atoms with Gasteiger partial charge in [-0.3, -0.25) is 0 Å². The van der Waals surface area contributed by atoms with Gasteiger partial charge in [-0.2, -0.15) is 0 Å². The topological polar surface area (TPSA) is 29.3 Å². The Balaban J connectivity index is 2.28. The number of nitrogens with two attached hydrogens (primary N) is 1. The summed E-state index contributed by atoms with van der Waals surface area (Å²) in [7, 11) is 1.94. The maximum Gasteiger partial charge on any atom is 0.130 e. The molecular weight excluding hydrogens is 239 g/mol. The maximum absolute atomic E-state index is 13.8. The van der Waals surface area contributed by atoms with Crippen LogP contribution in [0.3, 0.4) is 0 Å². The first-order valence-corrected chi connectivity index (χ1v) is 6.29. The molecule has 3 heteroatoms. The normalized spacial score (nSPS) is 10.5. The number of nitrogens with zero attached hydrogens (tertiary/aromatic N) is 1. The highest BCUT2D eigenvalue weighted by Gasteiger charge is 2.10. The summed E-state index contributed by atoms with van der Waals surface area (Å²) in [5, 5.41) is 0. The second-order valence-corrected chi connectivity index (χ2v) is 5.01. The van der Waals surface area contributed by atoms with Gasteiger partial charge in [0.25, 0.3) is 0 Å². The Morgan fingerprint density at radius 3 is 2.32 bits per heavy atom. The largest absolute Gasteiger partial charge is 0.398 e. The van der Waals surface area contributed by atoms with Crippen LogP contribution in [0.2, 0.25) is 0 Å². The van der Waals surface area contributed by atoms with E-state index in [0.717, 1.165) is 5.69 Å². The fraction of sp³-hybridized carbons (Fsp3) is 0.250. The zero-order chi connectivity index (χ0) is 14.0. The van der Waals surface area contributed by atoms with Gasteiger partial charge in [-0.25, -0.2) is 4.39 Å². The van der Waals surface area contributed by atoms with E-state index >= 15 is 0 Å². The van der Waals surface area contributed by atoms with E-state index in [1.165, 1.54) is 17.2 Å². The van der Waals surface area contributed by atoms with E-state index in [4.69, 9.17) is 5.73 Å². The minimum Gasteiger partial charge on any atom is -0.398 e. The molecule has 0 atom stereocenters. The molecule has 0 amide bonds. The Morgan fingerprint density at radius 2 is 1.74 bits per heavy atom. The van der Waals surface area contributed by atoms with Crippen LogP contribution in [-0.4, -0.2) is 7.05 Å². The van der Waals surface area contributed by atoms with Crippen LogP contribution < -0.4 is 10.6 Å². The van der Waals surface area contributed by atoms with Crippen LogP contribution in [0.5, 0.6) is 0 Å². The Bertz CT molecular complexity index is 553. The highest BCUT2D eigenvalue weighted by Crippen LogP contribution is 2.23. The Kier molecular flexibility index (Phi) is 3.74. The van der Waals surface area contributed by atoms with Crippen molar-refractivity contribution >= 4 is 11.4 Å². The average molecular weight is 258 g/mol. The van der Waals surface area contributed by atoms with Gasteiger partial charge in [0.2, 0.25) is 0 Å². The first-order chi connectivity index (χ1) is 8.97. The van der Waals surface area contributed by atoms with E-state index in [1.807, 2.05) is 11.9 Å². The summed E-state index contributed by atoms with van der Waals surface area (Å²) < 4.78 is 13.8. The molecule has 0 unspecified atom stereocenters. The van der Waals surface area contributed by atoms with Crippen LogP contribution in [0.1, 0.15) is 16.7 Å². The molecule has 2 aromatic rings. The fourth-order valence-corrected chi connectivity index (χ4v) is 2.24. The number of benzene rings is 2. The molecule has 0 saturated carbocycles. The lowest BCUT2D eigenvalue weighted by molar-refractivity contribution is 0.609. The van der Waals surface area contributed by atoms with Gasteiger partial charge in [0.1, 0.15) is 5.82 Å². The van der Waals surface area contributed by atoms with Crippen LogP contribution >= 0.6 is 0 Å². The van der Waals surface area contributed by atoms with Gasteiger partial charge < -0.3 is 10.6 Å². The summed E-state index contributed by atoms with van der Waals surface area (Å²) in [4.78, 5) is 2.01. The summed E-state index contributed by atoms with van der Waals surface area (Å²) in [5.74, 6) is -0.253. The van der Waals surface area contributed by atoms with Crippen molar-refractivity contribution in [2.45, 2.75) is 20.4 Å². The Hall–Kier alpha value is -2.03. The van der Waals surface area contributed by atoms with Crippen molar-refractivity contribution in [3.63, 3.8) is 0 Å². The van der Waals surface area contributed by atoms with E-state index < -0.39 is 0 Å². The first kappa shape index (κ1) is 13.4. The number of hydrogen-bond acceptors (Lipinski definition) is 2.